The van der Waals surface area contributed by atoms with Crippen LogP contribution >= 0.6 is 11.6 Å². The van der Waals surface area contributed by atoms with Crippen LogP contribution in [0.5, 0.6) is 11.5 Å². The van der Waals surface area contributed by atoms with E-state index in [0.29, 0.717) is 39.8 Å². The van der Waals surface area contributed by atoms with Crippen molar-refractivity contribution in [2.75, 3.05) is 26.1 Å². The number of hydrogen-bond acceptors (Lipinski definition) is 5. The number of hydrogen-bond donors (Lipinski definition) is 1. The van der Waals surface area contributed by atoms with Gasteiger partial charge in [-0.2, -0.15) is 0 Å². The van der Waals surface area contributed by atoms with Gasteiger partial charge in [-0.05, 0) is 29.7 Å². The number of nitrogens with zero attached hydrogens (tertiary/aromatic N) is 1. The van der Waals surface area contributed by atoms with Crippen LogP contribution in [0.1, 0.15) is 11.1 Å². The third kappa shape index (κ3) is 4.86. The maximum absolute atomic E-state index is 13.4. The molecule has 0 aromatic heterocycles. The fraction of sp³-hybridized carbons (Fsp3) is 0.154. The van der Waals surface area contributed by atoms with Gasteiger partial charge in [0, 0.05) is 35.5 Å². The molecular weight excluding hydrogens is 440 g/mol. The summed E-state index contributed by atoms with van der Waals surface area (Å²) in [5.41, 5.74) is 2.79. The number of amides is 2. The topological polar surface area (TPSA) is 67.9 Å². The smallest absolute Gasteiger partial charge is 0.278 e. The van der Waals surface area contributed by atoms with E-state index < -0.39 is 0 Å². The molecule has 0 saturated heterocycles. The summed E-state index contributed by atoms with van der Waals surface area (Å²) in [6.07, 6.45) is 0.525. The highest BCUT2D eigenvalue weighted by Gasteiger charge is 2.39. The van der Waals surface area contributed by atoms with Gasteiger partial charge in [0.25, 0.3) is 11.8 Å². The molecule has 168 valence electrons. The second-order valence-corrected chi connectivity index (χ2v) is 7.92. The van der Waals surface area contributed by atoms with Gasteiger partial charge in [0.1, 0.15) is 17.2 Å². The van der Waals surface area contributed by atoms with Crippen LogP contribution in [0.4, 0.5) is 5.69 Å². The van der Waals surface area contributed by atoms with E-state index in [0.717, 1.165) is 5.56 Å². The maximum Gasteiger partial charge on any atom is 0.278 e. The van der Waals surface area contributed by atoms with Crippen molar-refractivity contribution in [3.63, 3.8) is 0 Å². The Balaban J connectivity index is 1.67. The van der Waals surface area contributed by atoms with E-state index in [9.17, 15) is 9.59 Å². The van der Waals surface area contributed by atoms with Gasteiger partial charge in [-0.15, -0.1) is 0 Å². The SMILES string of the molecule is COc1cc(NC2=C(c3ccccc3)C(=O)N(CCc3ccc(Cl)cc3)C2=O)cc(OC)c1. The van der Waals surface area contributed by atoms with Gasteiger partial charge in [-0.1, -0.05) is 54.1 Å². The molecule has 1 heterocycles. The Hall–Kier alpha value is -3.77. The van der Waals surface area contributed by atoms with E-state index in [-0.39, 0.29) is 24.1 Å². The molecule has 0 aliphatic carbocycles. The van der Waals surface area contributed by atoms with Gasteiger partial charge in [0.2, 0.25) is 0 Å². The first kappa shape index (κ1) is 22.4. The van der Waals surface area contributed by atoms with Crippen LogP contribution in [0, 0.1) is 0 Å². The molecule has 0 radical (unpaired) electrons. The van der Waals surface area contributed by atoms with E-state index in [1.165, 1.54) is 4.90 Å². The Kier molecular flexibility index (Phi) is 6.66. The zero-order valence-corrected chi connectivity index (χ0v) is 19.1. The lowest BCUT2D eigenvalue weighted by Gasteiger charge is -2.16. The molecule has 0 unspecified atom stereocenters. The molecule has 1 N–H and O–H groups in total. The molecule has 0 spiro atoms. The molecule has 0 fully saturated rings. The number of ether oxygens (including phenoxy) is 2. The molecular formula is C26H23ClN2O4. The quantitative estimate of drug-likeness (QED) is 0.487. The normalized spacial score (nSPS) is 13.5. The summed E-state index contributed by atoms with van der Waals surface area (Å²) < 4.78 is 10.7. The average Bonchev–Trinajstić information content (AvgIpc) is 3.07. The third-order valence-electron chi connectivity index (χ3n) is 5.39. The molecule has 3 aromatic rings. The number of imide groups is 1. The van der Waals surface area contributed by atoms with Crippen molar-refractivity contribution in [1.82, 2.24) is 4.90 Å². The van der Waals surface area contributed by atoms with Gasteiger partial charge in [0.05, 0.1) is 19.8 Å². The van der Waals surface area contributed by atoms with E-state index >= 15 is 0 Å². The minimum Gasteiger partial charge on any atom is -0.497 e. The van der Waals surface area contributed by atoms with E-state index in [2.05, 4.69) is 5.32 Å². The van der Waals surface area contributed by atoms with Crippen LogP contribution in [0.15, 0.2) is 78.5 Å². The number of rotatable bonds is 8. The first-order valence-corrected chi connectivity index (χ1v) is 10.8. The fourth-order valence-corrected chi connectivity index (χ4v) is 3.81. The van der Waals surface area contributed by atoms with Crippen molar-refractivity contribution in [2.45, 2.75) is 6.42 Å². The zero-order chi connectivity index (χ0) is 23.4. The number of carbonyl (C=O) groups excluding carboxylic acids is 2. The first-order valence-electron chi connectivity index (χ1n) is 10.4. The second-order valence-electron chi connectivity index (χ2n) is 7.48. The van der Waals surface area contributed by atoms with E-state index in [1.54, 1.807) is 44.6 Å². The van der Waals surface area contributed by atoms with Gasteiger partial charge in [-0.3, -0.25) is 14.5 Å². The first-order chi connectivity index (χ1) is 16.0. The Morgan fingerprint density at radius 1 is 0.848 bits per heavy atom. The highest BCUT2D eigenvalue weighted by Crippen LogP contribution is 2.33. The molecule has 6 nitrogen and oxygen atoms in total. The predicted molar refractivity (Wildman–Crippen MR) is 128 cm³/mol. The molecule has 4 rings (SSSR count). The Labute approximate surface area is 197 Å². The summed E-state index contributed by atoms with van der Waals surface area (Å²) in [7, 11) is 3.10. The molecule has 0 bridgehead atoms. The van der Waals surface area contributed by atoms with Crippen LogP contribution in [-0.4, -0.2) is 37.5 Å². The monoisotopic (exact) mass is 462 g/mol. The molecule has 0 saturated carbocycles. The van der Waals surface area contributed by atoms with Crippen LogP contribution in [0.3, 0.4) is 0 Å². The molecule has 2 amide bonds. The number of methoxy groups -OCH3 is 2. The lowest BCUT2D eigenvalue weighted by molar-refractivity contribution is -0.136. The van der Waals surface area contributed by atoms with Crippen molar-refractivity contribution in [2.24, 2.45) is 0 Å². The minimum atomic E-state index is -0.380. The van der Waals surface area contributed by atoms with Crippen molar-refractivity contribution >= 4 is 34.7 Å². The average molecular weight is 463 g/mol. The largest absolute Gasteiger partial charge is 0.497 e. The van der Waals surface area contributed by atoms with Crippen LogP contribution in [0.25, 0.3) is 5.57 Å². The standard InChI is InChI=1S/C26H23ClN2O4/c1-32-21-14-20(15-22(16-21)33-2)28-24-23(18-6-4-3-5-7-18)25(30)29(26(24)31)13-12-17-8-10-19(27)11-9-17/h3-11,14-16,28H,12-13H2,1-2H3. The van der Waals surface area contributed by atoms with Crippen molar-refractivity contribution in [1.29, 1.82) is 0 Å². The summed E-state index contributed by atoms with van der Waals surface area (Å²) in [5.74, 6) is 0.414. The van der Waals surface area contributed by atoms with Gasteiger partial charge < -0.3 is 14.8 Å². The number of nitrogens with one attached hydrogen (secondary N) is 1. The summed E-state index contributed by atoms with van der Waals surface area (Å²) in [5, 5.41) is 3.78. The maximum atomic E-state index is 13.4. The number of carbonyl (C=O) groups is 2. The van der Waals surface area contributed by atoms with Crippen LogP contribution < -0.4 is 14.8 Å². The number of anilines is 1. The summed E-state index contributed by atoms with van der Waals surface area (Å²) in [6.45, 7) is 0.252. The molecule has 1 aliphatic rings. The number of benzene rings is 3. The predicted octanol–water partition coefficient (Wildman–Crippen LogP) is 4.79. The summed E-state index contributed by atoms with van der Waals surface area (Å²) in [6, 6.07) is 21.8. The Bertz CT molecular complexity index is 1180. The molecule has 0 atom stereocenters. The van der Waals surface area contributed by atoms with Crippen molar-refractivity contribution < 1.29 is 19.1 Å². The van der Waals surface area contributed by atoms with Gasteiger partial charge in [-0.25, -0.2) is 0 Å². The van der Waals surface area contributed by atoms with E-state index in [4.69, 9.17) is 21.1 Å². The lowest BCUT2D eigenvalue weighted by Crippen LogP contribution is -2.34. The second kappa shape index (κ2) is 9.79. The molecule has 33 heavy (non-hydrogen) atoms. The lowest BCUT2D eigenvalue weighted by atomic mass is 10.0. The highest BCUT2D eigenvalue weighted by molar-refractivity contribution is 6.36. The van der Waals surface area contributed by atoms with Crippen molar-refractivity contribution in [3.05, 3.63) is 94.6 Å². The highest BCUT2D eigenvalue weighted by atomic mass is 35.5. The zero-order valence-electron chi connectivity index (χ0n) is 18.3. The van der Waals surface area contributed by atoms with E-state index in [1.807, 2.05) is 42.5 Å². The molecule has 3 aromatic carbocycles. The van der Waals surface area contributed by atoms with Gasteiger partial charge >= 0.3 is 0 Å². The summed E-state index contributed by atoms with van der Waals surface area (Å²) >= 11 is 5.96. The summed E-state index contributed by atoms with van der Waals surface area (Å²) in [4.78, 5) is 28.0. The Morgan fingerprint density at radius 3 is 2.09 bits per heavy atom. The third-order valence-corrected chi connectivity index (χ3v) is 5.64. The number of halogens is 1. The fourth-order valence-electron chi connectivity index (χ4n) is 3.68. The Morgan fingerprint density at radius 2 is 1.48 bits per heavy atom. The van der Waals surface area contributed by atoms with Crippen molar-refractivity contribution in [3.8, 4) is 11.5 Å². The van der Waals surface area contributed by atoms with Crippen LogP contribution in [0.2, 0.25) is 5.02 Å². The molecule has 1 aliphatic heterocycles. The molecule has 7 heteroatoms. The van der Waals surface area contributed by atoms with Gasteiger partial charge in [0.15, 0.2) is 0 Å². The van der Waals surface area contributed by atoms with Crippen LogP contribution in [-0.2, 0) is 16.0 Å². The minimum absolute atomic E-state index is 0.220.